The number of rotatable bonds is 5. The molecule has 0 radical (unpaired) electrons. The lowest BCUT2D eigenvalue weighted by Gasteiger charge is -2.09. The lowest BCUT2D eigenvalue weighted by Crippen LogP contribution is -2.20. The molecule has 0 aromatic carbocycles. The number of H-pyrrole nitrogens is 1. The molecule has 0 amide bonds. The van der Waals surface area contributed by atoms with Crippen molar-refractivity contribution in [2.24, 2.45) is 5.73 Å². The third kappa shape index (κ3) is 4.25. The predicted molar refractivity (Wildman–Crippen MR) is 92.2 cm³/mol. The first-order valence-corrected chi connectivity index (χ1v) is 8.20. The number of alkyl halides is 3. The number of nitrogens with two attached hydrogens (primary N) is 1. The van der Waals surface area contributed by atoms with Crippen LogP contribution in [-0.4, -0.2) is 31.3 Å². The number of hydrogen-bond acceptors (Lipinski definition) is 5. The Morgan fingerprint density at radius 2 is 1.83 bits per heavy atom. The second-order valence-electron chi connectivity index (χ2n) is 5.98. The molecule has 7 nitrogen and oxygen atoms in total. The highest BCUT2D eigenvalue weighted by Gasteiger charge is 2.32. The minimum atomic E-state index is -4.62. The molecule has 0 bridgehead atoms. The molecule has 13 heteroatoms. The van der Waals surface area contributed by atoms with E-state index in [1.54, 1.807) is 0 Å². The second kappa shape index (κ2) is 8.10. The number of halogens is 6. The quantitative estimate of drug-likeness (QED) is 0.606. The van der Waals surface area contributed by atoms with E-state index in [9.17, 15) is 31.1 Å². The Labute approximate surface area is 163 Å². The van der Waals surface area contributed by atoms with Crippen molar-refractivity contribution in [2.45, 2.75) is 12.6 Å². The first kappa shape index (κ1) is 21.2. The van der Waals surface area contributed by atoms with E-state index in [1.165, 1.54) is 0 Å². The largest absolute Gasteiger partial charge is 0.433 e. The minimum absolute atomic E-state index is 0.0907. The Bertz CT molecular complexity index is 1140. The number of nitrogens with one attached hydrogen (secondary N) is 1. The molecule has 3 N–H and O–H groups in total. The summed E-state index contributed by atoms with van der Waals surface area (Å²) in [5.74, 6) is -1.80. The summed E-state index contributed by atoms with van der Waals surface area (Å²) in [7, 11) is 0. The van der Waals surface area contributed by atoms with Crippen LogP contribution in [0.2, 0.25) is 0 Å². The Kier molecular flexibility index (Phi) is 5.73. The fourth-order valence-corrected chi connectivity index (χ4v) is 2.56. The summed E-state index contributed by atoms with van der Waals surface area (Å²) in [5, 5.41) is 5.62. The lowest BCUT2D eigenvalue weighted by atomic mass is 10.1. The molecule has 0 aliphatic carbocycles. The number of pyridine rings is 2. The number of aromatic nitrogens is 5. The fourth-order valence-electron chi connectivity index (χ4n) is 2.56. The summed E-state index contributed by atoms with van der Waals surface area (Å²) in [6.45, 7) is -0.501. The molecule has 158 valence electrons. The molecule has 0 unspecified atom stereocenters. The van der Waals surface area contributed by atoms with Crippen LogP contribution in [0.3, 0.4) is 0 Å². The normalized spacial score (nSPS) is 11.6. The van der Waals surface area contributed by atoms with Crippen molar-refractivity contribution < 1.29 is 26.3 Å². The predicted octanol–water partition coefficient (Wildman–Crippen LogP) is 2.83. The first-order chi connectivity index (χ1) is 14.1. The Balaban J connectivity index is 1.98. The maximum absolute atomic E-state index is 14.7. The van der Waals surface area contributed by atoms with Crippen LogP contribution in [-0.2, 0) is 12.6 Å². The van der Waals surface area contributed by atoms with Gasteiger partial charge in [-0.1, -0.05) is 6.07 Å². The molecule has 0 saturated heterocycles. The van der Waals surface area contributed by atoms with Crippen molar-refractivity contribution in [3.05, 3.63) is 70.1 Å². The van der Waals surface area contributed by atoms with E-state index in [1.807, 2.05) is 5.10 Å². The zero-order valence-corrected chi connectivity index (χ0v) is 14.8. The van der Waals surface area contributed by atoms with Gasteiger partial charge in [-0.25, -0.2) is 23.8 Å². The monoisotopic (exact) mass is 430 g/mol. The zero-order chi connectivity index (χ0) is 22.1. The van der Waals surface area contributed by atoms with Crippen molar-refractivity contribution in [3.8, 4) is 16.9 Å². The van der Waals surface area contributed by atoms with Gasteiger partial charge in [-0.15, -0.1) is 0 Å². The molecule has 0 fully saturated rings. The minimum Gasteiger partial charge on any atom is -0.327 e. The van der Waals surface area contributed by atoms with Crippen LogP contribution in [0.25, 0.3) is 16.9 Å². The summed E-state index contributed by atoms with van der Waals surface area (Å²) in [5.41, 5.74) is 2.94. The van der Waals surface area contributed by atoms with Gasteiger partial charge in [0.15, 0.2) is 11.6 Å². The fraction of sp³-hybridized carbons (Fsp3) is 0.176. The molecule has 30 heavy (non-hydrogen) atoms. The summed E-state index contributed by atoms with van der Waals surface area (Å²) in [6.07, 6.45) is -5.19. The molecule has 0 aliphatic rings. The van der Waals surface area contributed by atoms with E-state index in [0.29, 0.717) is 4.57 Å². The Morgan fingerprint density at radius 3 is 2.37 bits per heavy atom. The molecule has 3 aromatic heterocycles. The van der Waals surface area contributed by atoms with Crippen LogP contribution >= 0.6 is 0 Å². The summed E-state index contributed by atoms with van der Waals surface area (Å²) < 4.78 is 78.8. The third-order valence-electron chi connectivity index (χ3n) is 4.05. The molecule has 3 heterocycles. The average Bonchev–Trinajstić information content (AvgIpc) is 3.05. The standard InChI is InChI=1S/C17H12F6N6O/c18-11-3-10(8-1-2-12(25-6-8)17(21,22)23)7-26-15(11)29-13(27-28-16(29)30)4-9(5-24)14(19)20/h1-3,6-7H,4-5,24H2,(H,28,30). The van der Waals surface area contributed by atoms with Gasteiger partial charge >= 0.3 is 11.9 Å². The van der Waals surface area contributed by atoms with E-state index >= 15 is 0 Å². The maximum Gasteiger partial charge on any atom is 0.433 e. The topological polar surface area (TPSA) is 102 Å². The molecule has 0 aliphatic heterocycles. The highest BCUT2D eigenvalue weighted by atomic mass is 19.4. The van der Waals surface area contributed by atoms with Gasteiger partial charge in [-0.05, 0) is 12.1 Å². The van der Waals surface area contributed by atoms with Gasteiger partial charge in [0.1, 0.15) is 11.5 Å². The molecule has 0 saturated carbocycles. The molecular formula is C17H12F6N6O. The summed E-state index contributed by atoms with van der Waals surface area (Å²) in [6, 6.07) is 2.74. The van der Waals surface area contributed by atoms with Crippen molar-refractivity contribution in [1.82, 2.24) is 24.7 Å². The van der Waals surface area contributed by atoms with Crippen LogP contribution < -0.4 is 11.4 Å². The van der Waals surface area contributed by atoms with Gasteiger partial charge in [0, 0.05) is 42.1 Å². The smallest absolute Gasteiger partial charge is 0.327 e. The van der Waals surface area contributed by atoms with Crippen LogP contribution in [0.5, 0.6) is 0 Å². The molecule has 0 spiro atoms. The van der Waals surface area contributed by atoms with Gasteiger partial charge in [0.05, 0.1) is 0 Å². The molecule has 3 aromatic rings. The average molecular weight is 430 g/mol. The van der Waals surface area contributed by atoms with Gasteiger partial charge in [0.2, 0.25) is 0 Å². The van der Waals surface area contributed by atoms with E-state index in [-0.39, 0.29) is 17.0 Å². The van der Waals surface area contributed by atoms with E-state index in [2.05, 4.69) is 15.1 Å². The Hall–Kier alpha value is -3.48. The molecular weight excluding hydrogens is 418 g/mol. The van der Waals surface area contributed by atoms with Crippen molar-refractivity contribution in [1.29, 1.82) is 0 Å². The van der Waals surface area contributed by atoms with E-state index < -0.39 is 53.8 Å². The van der Waals surface area contributed by atoms with Crippen molar-refractivity contribution in [2.75, 3.05) is 6.54 Å². The van der Waals surface area contributed by atoms with Crippen LogP contribution in [0.4, 0.5) is 26.3 Å². The van der Waals surface area contributed by atoms with Crippen LogP contribution in [0, 0.1) is 5.82 Å². The summed E-state index contributed by atoms with van der Waals surface area (Å²) >= 11 is 0. The molecule has 0 atom stereocenters. The van der Waals surface area contributed by atoms with Crippen LogP contribution in [0.1, 0.15) is 11.5 Å². The van der Waals surface area contributed by atoms with Crippen LogP contribution in [0.15, 0.2) is 47.0 Å². The highest BCUT2D eigenvalue weighted by molar-refractivity contribution is 5.62. The SMILES string of the molecule is NCC(Cc1n[nH]c(=O)n1-c1ncc(-c2ccc(C(F)(F)F)nc2)cc1F)=C(F)F. The number of nitrogens with zero attached hydrogens (tertiary/aromatic N) is 4. The third-order valence-corrected chi connectivity index (χ3v) is 4.05. The van der Waals surface area contributed by atoms with Crippen molar-refractivity contribution >= 4 is 0 Å². The van der Waals surface area contributed by atoms with E-state index in [0.717, 1.165) is 30.6 Å². The first-order valence-electron chi connectivity index (χ1n) is 8.20. The van der Waals surface area contributed by atoms with Crippen molar-refractivity contribution in [3.63, 3.8) is 0 Å². The highest BCUT2D eigenvalue weighted by Crippen LogP contribution is 2.29. The van der Waals surface area contributed by atoms with Gasteiger partial charge < -0.3 is 5.73 Å². The Morgan fingerprint density at radius 1 is 1.13 bits per heavy atom. The lowest BCUT2D eigenvalue weighted by molar-refractivity contribution is -0.141. The van der Waals surface area contributed by atoms with Gasteiger partial charge in [-0.3, -0.25) is 4.98 Å². The van der Waals surface area contributed by atoms with Gasteiger partial charge in [-0.2, -0.15) is 27.1 Å². The zero-order valence-electron chi connectivity index (χ0n) is 14.8. The maximum atomic E-state index is 14.7. The van der Waals surface area contributed by atoms with E-state index in [4.69, 9.17) is 5.73 Å². The number of hydrogen-bond donors (Lipinski definition) is 2. The number of aromatic amines is 1. The summed E-state index contributed by atoms with van der Waals surface area (Å²) in [4.78, 5) is 19.1. The second-order valence-corrected chi connectivity index (χ2v) is 5.98. The van der Waals surface area contributed by atoms with Gasteiger partial charge in [0.25, 0.3) is 6.08 Å². The molecule has 3 rings (SSSR count).